The molecule has 2 aromatic rings. The van der Waals surface area contributed by atoms with E-state index in [1.807, 2.05) is 30.0 Å². The predicted molar refractivity (Wildman–Crippen MR) is 76.7 cm³/mol. The molecule has 0 atom stereocenters. The molecule has 1 heterocycles. The van der Waals surface area contributed by atoms with Crippen molar-refractivity contribution in [3.8, 4) is 11.4 Å². The third-order valence-corrected chi connectivity index (χ3v) is 3.79. The lowest BCUT2D eigenvalue weighted by molar-refractivity contribution is 0.607. The fourth-order valence-corrected chi connectivity index (χ4v) is 2.69. The second-order valence-corrected chi connectivity index (χ2v) is 6.54. The van der Waals surface area contributed by atoms with Crippen LogP contribution in [-0.2, 0) is 17.1 Å². The fraction of sp³-hybridized carbons (Fsp3) is 0.273. The van der Waals surface area contributed by atoms with Crippen LogP contribution in [0, 0.1) is 0 Å². The Morgan fingerprint density at radius 3 is 2.32 bits per heavy atom. The summed E-state index contributed by atoms with van der Waals surface area (Å²) in [7, 11) is -1.36. The number of nitrogens with one attached hydrogen (secondary N) is 1. The van der Waals surface area contributed by atoms with E-state index < -0.39 is 10.0 Å². The van der Waals surface area contributed by atoms with Crippen molar-refractivity contribution < 1.29 is 8.42 Å². The van der Waals surface area contributed by atoms with E-state index >= 15 is 0 Å². The van der Waals surface area contributed by atoms with Crippen LogP contribution in [0.15, 0.2) is 29.4 Å². The van der Waals surface area contributed by atoms with Gasteiger partial charge in [-0.3, -0.25) is 4.72 Å². The molecular weight excluding hydrogens is 284 g/mol. The van der Waals surface area contributed by atoms with Gasteiger partial charge in [-0.25, -0.2) is 8.42 Å². The highest BCUT2D eigenvalue weighted by molar-refractivity contribution is 7.98. The van der Waals surface area contributed by atoms with Gasteiger partial charge >= 0.3 is 0 Å². The van der Waals surface area contributed by atoms with E-state index in [1.165, 1.54) is 11.8 Å². The van der Waals surface area contributed by atoms with Gasteiger partial charge < -0.3 is 4.57 Å². The van der Waals surface area contributed by atoms with Crippen molar-refractivity contribution >= 4 is 27.5 Å². The Kier molecular flexibility index (Phi) is 3.81. The molecule has 0 fully saturated rings. The molecule has 0 amide bonds. The van der Waals surface area contributed by atoms with E-state index in [-0.39, 0.29) is 0 Å². The second-order valence-electron chi connectivity index (χ2n) is 4.02. The molecule has 6 nitrogen and oxygen atoms in total. The average Bonchev–Trinajstić information content (AvgIpc) is 2.69. The summed E-state index contributed by atoms with van der Waals surface area (Å²) in [4.78, 5) is 0. The van der Waals surface area contributed by atoms with Crippen LogP contribution in [0.2, 0.25) is 0 Å². The number of thioether (sulfide) groups is 1. The van der Waals surface area contributed by atoms with Gasteiger partial charge in [0.25, 0.3) is 0 Å². The fourth-order valence-electron chi connectivity index (χ4n) is 1.65. The molecule has 19 heavy (non-hydrogen) atoms. The van der Waals surface area contributed by atoms with E-state index in [4.69, 9.17) is 0 Å². The highest BCUT2D eigenvalue weighted by Gasteiger charge is 2.10. The summed E-state index contributed by atoms with van der Waals surface area (Å²) < 4.78 is 26.5. The summed E-state index contributed by atoms with van der Waals surface area (Å²) in [5.74, 6) is 0.746. The zero-order chi connectivity index (χ0) is 14.0. The lowest BCUT2D eigenvalue weighted by Gasteiger charge is -2.05. The molecule has 0 aliphatic carbocycles. The highest BCUT2D eigenvalue weighted by atomic mass is 32.2. The predicted octanol–water partition coefficient (Wildman–Crippen LogP) is 1.58. The Bertz CT molecular complexity index is 677. The first-order valence-electron chi connectivity index (χ1n) is 5.42. The minimum absolute atomic E-state index is 0.526. The minimum Gasteiger partial charge on any atom is -0.305 e. The largest absolute Gasteiger partial charge is 0.305 e. The number of hydrogen-bond acceptors (Lipinski definition) is 5. The standard InChI is InChI=1S/C11H14N4O2S2/c1-15-10(12-13-11(15)18-2)8-4-6-9(7-5-8)14-19(3,16)17/h4-7,14H,1-3H3. The van der Waals surface area contributed by atoms with Crippen molar-refractivity contribution in [2.45, 2.75) is 5.16 Å². The number of anilines is 1. The Labute approximate surface area is 116 Å². The zero-order valence-electron chi connectivity index (χ0n) is 10.8. The molecule has 0 aliphatic heterocycles. The lowest BCUT2D eigenvalue weighted by Crippen LogP contribution is -2.09. The summed E-state index contributed by atoms with van der Waals surface area (Å²) in [5, 5.41) is 9.00. The third-order valence-electron chi connectivity index (χ3n) is 2.46. The van der Waals surface area contributed by atoms with Crippen LogP contribution in [0.5, 0.6) is 0 Å². The van der Waals surface area contributed by atoms with Gasteiger partial charge in [0.15, 0.2) is 11.0 Å². The molecule has 0 bridgehead atoms. The molecule has 2 rings (SSSR count). The van der Waals surface area contributed by atoms with Crippen molar-refractivity contribution in [1.29, 1.82) is 0 Å². The van der Waals surface area contributed by atoms with E-state index in [0.717, 1.165) is 22.8 Å². The van der Waals surface area contributed by atoms with Gasteiger partial charge in [-0.2, -0.15) is 0 Å². The smallest absolute Gasteiger partial charge is 0.229 e. The van der Waals surface area contributed by atoms with Crippen LogP contribution in [0.25, 0.3) is 11.4 Å². The van der Waals surface area contributed by atoms with Gasteiger partial charge in [-0.05, 0) is 30.5 Å². The van der Waals surface area contributed by atoms with Gasteiger partial charge in [0.1, 0.15) is 0 Å². The molecule has 0 saturated heterocycles. The first kappa shape index (κ1) is 13.9. The average molecular weight is 298 g/mol. The zero-order valence-corrected chi connectivity index (χ0v) is 12.4. The van der Waals surface area contributed by atoms with Crippen LogP contribution < -0.4 is 4.72 Å². The normalized spacial score (nSPS) is 11.5. The van der Waals surface area contributed by atoms with Crippen molar-refractivity contribution in [2.75, 3.05) is 17.2 Å². The van der Waals surface area contributed by atoms with Crippen LogP contribution >= 0.6 is 11.8 Å². The monoisotopic (exact) mass is 298 g/mol. The Morgan fingerprint density at radius 2 is 1.84 bits per heavy atom. The van der Waals surface area contributed by atoms with Crippen LogP contribution in [0.3, 0.4) is 0 Å². The van der Waals surface area contributed by atoms with Crippen LogP contribution in [0.1, 0.15) is 0 Å². The van der Waals surface area contributed by atoms with E-state index in [0.29, 0.717) is 5.69 Å². The van der Waals surface area contributed by atoms with E-state index in [1.54, 1.807) is 12.1 Å². The van der Waals surface area contributed by atoms with Crippen molar-refractivity contribution in [3.63, 3.8) is 0 Å². The molecule has 1 N–H and O–H groups in total. The summed E-state index contributed by atoms with van der Waals surface area (Å²) in [6.07, 6.45) is 3.06. The number of sulfonamides is 1. The molecule has 1 aromatic heterocycles. The molecule has 0 saturated carbocycles. The van der Waals surface area contributed by atoms with Gasteiger partial charge in [0.05, 0.1) is 6.26 Å². The molecule has 1 aromatic carbocycles. The molecule has 0 spiro atoms. The topological polar surface area (TPSA) is 76.9 Å². The summed E-state index contributed by atoms with van der Waals surface area (Å²) in [6.45, 7) is 0. The SMILES string of the molecule is CSc1nnc(-c2ccc(NS(C)(=O)=O)cc2)n1C. The van der Waals surface area contributed by atoms with Gasteiger partial charge in [0, 0.05) is 18.3 Å². The molecule has 8 heteroatoms. The van der Waals surface area contributed by atoms with Gasteiger partial charge in [0.2, 0.25) is 10.0 Å². The maximum Gasteiger partial charge on any atom is 0.229 e. The minimum atomic E-state index is -3.25. The van der Waals surface area contributed by atoms with Gasteiger partial charge in [-0.1, -0.05) is 11.8 Å². The number of aromatic nitrogens is 3. The highest BCUT2D eigenvalue weighted by Crippen LogP contribution is 2.22. The molecular formula is C11H14N4O2S2. The van der Waals surface area contributed by atoms with Crippen molar-refractivity contribution in [1.82, 2.24) is 14.8 Å². The van der Waals surface area contributed by atoms with E-state index in [9.17, 15) is 8.42 Å². The molecule has 0 radical (unpaired) electrons. The lowest BCUT2D eigenvalue weighted by atomic mass is 10.2. The number of benzene rings is 1. The van der Waals surface area contributed by atoms with Crippen LogP contribution in [-0.4, -0.2) is 35.7 Å². The first-order valence-corrected chi connectivity index (χ1v) is 8.54. The van der Waals surface area contributed by atoms with E-state index in [2.05, 4.69) is 14.9 Å². The maximum atomic E-state index is 11.1. The third kappa shape index (κ3) is 3.27. The number of rotatable bonds is 4. The Morgan fingerprint density at radius 1 is 1.21 bits per heavy atom. The summed E-state index contributed by atoms with van der Waals surface area (Å²) in [5.41, 5.74) is 1.41. The van der Waals surface area contributed by atoms with Crippen molar-refractivity contribution in [2.24, 2.45) is 7.05 Å². The molecule has 102 valence electrons. The van der Waals surface area contributed by atoms with Crippen LogP contribution in [0.4, 0.5) is 5.69 Å². The maximum absolute atomic E-state index is 11.1. The second kappa shape index (κ2) is 5.22. The Hall–Kier alpha value is -1.54. The number of hydrogen-bond donors (Lipinski definition) is 1. The number of nitrogens with zero attached hydrogens (tertiary/aromatic N) is 3. The quantitative estimate of drug-likeness (QED) is 0.867. The summed E-state index contributed by atoms with van der Waals surface area (Å²) in [6, 6.07) is 7.01. The first-order chi connectivity index (χ1) is 8.90. The summed E-state index contributed by atoms with van der Waals surface area (Å²) >= 11 is 1.52. The molecule has 0 aliphatic rings. The van der Waals surface area contributed by atoms with Crippen molar-refractivity contribution in [3.05, 3.63) is 24.3 Å². The molecule has 0 unspecified atom stereocenters. The van der Waals surface area contributed by atoms with Gasteiger partial charge in [-0.15, -0.1) is 10.2 Å². The Balaban J connectivity index is 2.30.